The van der Waals surface area contributed by atoms with Gasteiger partial charge in [-0.1, -0.05) is 0 Å². The Labute approximate surface area is 74.3 Å². The molecule has 0 spiro atoms. The second kappa shape index (κ2) is 4.80. The van der Waals surface area contributed by atoms with E-state index >= 15 is 0 Å². The van der Waals surface area contributed by atoms with Gasteiger partial charge in [-0.2, -0.15) is 5.06 Å². The van der Waals surface area contributed by atoms with E-state index in [9.17, 15) is 5.11 Å². The number of aliphatic hydroxyl groups excluding tert-OH is 1. The molecule has 1 aliphatic rings. The fourth-order valence-corrected chi connectivity index (χ4v) is 1.73. The van der Waals surface area contributed by atoms with Crippen LogP contribution in [0.5, 0.6) is 0 Å². The van der Waals surface area contributed by atoms with Gasteiger partial charge in [0.1, 0.15) is 0 Å². The van der Waals surface area contributed by atoms with Crippen LogP contribution in [0.1, 0.15) is 32.6 Å². The third-order valence-corrected chi connectivity index (χ3v) is 2.51. The zero-order chi connectivity index (χ0) is 8.97. The fraction of sp³-hybridized carbons (Fsp3) is 1.00. The monoisotopic (exact) mass is 173 g/mol. The molecule has 1 saturated carbocycles. The maximum Gasteiger partial charge on any atom is 0.0656 e. The highest BCUT2D eigenvalue weighted by Crippen LogP contribution is 2.22. The molecule has 12 heavy (non-hydrogen) atoms. The third kappa shape index (κ3) is 2.73. The van der Waals surface area contributed by atoms with Crippen LogP contribution in [-0.2, 0) is 4.84 Å². The molecule has 0 unspecified atom stereocenters. The SMILES string of the molecule is CCON(C)C1CCC(O)CC1. The maximum atomic E-state index is 9.28. The molecule has 72 valence electrons. The molecule has 1 N–H and O–H groups in total. The molecule has 1 aliphatic carbocycles. The van der Waals surface area contributed by atoms with Gasteiger partial charge in [-0.05, 0) is 32.6 Å². The topological polar surface area (TPSA) is 32.7 Å². The van der Waals surface area contributed by atoms with Crippen molar-refractivity contribution < 1.29 is 9.94 Å². The van der Waals surface area contributed by atoms with E-state index in [1.54, 1.807) is 0 Å². The first-order chi connectivity index (χ1) is 5.74. The molecule has 0 atom stereocenters. The van der Waals surface area contributed by atoms with Crippen molar-refractivity contribution in [1.29, 1.82) is 0 Å². The lowest BCUT2D eigenvalue weighted by atomic mass is 9.93. The number of hydrogen-bond acceptors (Lipinski definition) is 3. The summed E-state index contributed by atoms with van der Waals surface area (Å²) in [5.41, 5.74) is 0. The molecule has 0 radical (unpaired) electrons. The molecule has 1 rings (SSSR count). The highest BCUT2D eigenvalue weighted by Gasteiger charge is 2.22. The summed E-state index contributed by atoms with van der Waals surface area (Å²) in [5.74, 6) is 0. The molecule has 0 aromatic carbocycles. The summed E-state index contributed by atoms with van der Waals surface area (Å²) in [5, 5.41) is 11.2. The van der Waals surface area contributed by atoms with E-state index < -0.39 is 0 Å². The molecule has 3 nitrogen and oxygen atoms in total. The Bertz CT molecular complexity index is 122. The largest absolute Gasteiger partial charge is 0.393 e. The van der Waals surface area contributed by atoms with Crippen molar-refractivity contribution in [2.75, 3.05) is 13.7 Å². The average molecular weight is 173 g/mol. The maximum absolute atomic E-state index is 9.28. The molecule has 0 aromatic heterocycles. The highest BCUT2D eigenvalue weighted by atomic mass is 16.7. The van der Waals surface area contributed by atoms with Gasteiger partial charge in [-0.3, -0.25) is 4.84 Å². The van der Waals surface area contributed by atoms with Crippen LogP contribution >= 0.6 is 0 Å². The summed E-state index contributed by atoms with van der Waals surface area (Å²) in [6.07, 6.45) is 3.87. The summed E-state index contributed by atoms with van der Waals surface area (Å²) in [4.78, 5) is 5.37. The average Bonchev–Trinajstić information content (AvgIpc) is 2.06. The van der Waals surface area contributed by atoms with Crippen LogP contribution in [-0.4, -0.2) is 36.0 Å². The fourth-order valence-electron chi connectivity index (χ4n) is 1.73. The molecule has 1 fully saturated rings. The predicted octanol–water partition coefficient (Wildman–Crippen LogP) is 1.17. The Kier molecular flexibility index (Phi) is 3.98. The van der Waals surface area contributed by atoms with Gasteiger partial charge in [0.25, 0.3) is 0 Å². The van der Waals surface area contributed by atoms with Crippen LogP contribution in [0.4, 0.5) is 0 Å². The van der Waals surface area contributed by atoms with Gasteiger partial charge in [0.15, 0.2) is 0 Å². The minimum atomic E-state index is -0.0729. The normalized spacial score (nSPS) is 31.0. The molecule has 0 aliphatic heterocycles. The summed E-state index contributed by atoms with van der Waals surface area (Å²) < 4.78 is 0. The summed E-state index contributed by atoms with van der Waals surface area (Å²) in [6, 6.07) is 0.508. The van der Waals surface area contributed by atoms with Crippen LogP contribution in [0, 0.1) is 0 Å². The number of nitrogens with zero attached hydrogens (tertiary/aromatic N) is 1. The van der Waals surface area contributed by atoms with Crippen molar-refractivity contribution in [2.24, 2.45) is 0 Å². The third-order valence-electron chi connectivity index (χ3n) is 2.51. The Morgan fingerprint density at radius 2 is 1.92 bits per heavy atom. The quantitative estimate of drug-likeness (QED) is 0.650. The van der Waals surface area contributed by atoms with Crippen molar-refractivity contribution in [3.63, 3.8) is 0 Å². The van der Waals surface area contributed by atoms with Gasteiger partial charge in [-0.15, -0.1) is 0 Å². The van der Waals surface area contributed by atoms with Gasteiger partial charge in [0.05, 0.1) is 12.7 Å². The first kappa shape index (κ1) is 9.96. The first-order valence-electron chi connectivity index (χ1n) is 4.77. The molecule has 0 bridgehead atoms. The molecule has 0 saturated heterocycles. The standard InChI is InChI=1S/C9H19NO2/c1-3-12-10(2)8-4-6-9(11)7-5-8/h8-9,11H,3-7H2,1-2H3. The number of aliphatic hydroxyl groups is 1. The van der Waals surface area contributed by atoms with Crippen LogP contribution in [0.25, 0.3) is 0 Å². The van der Waals surface area contributed by atoms with E-state index in [4.69, 9.17) is 4.84 Å². The Morgan fingerprint density at radius 1 is 1.33 bits per heavy atom. The van der Waals surface area contributed by atoms with E-state index in [1.807, 2.05) is 19.0 Å². The minimum Gasteiger partial charge on any atom is -0.393 e. The lowest BCUT2D eigenvalue weighted by Gasteiger charge is -2.31. The van der Waals surface area contributed by atoms with Crippen molar-refractivity contribution in [3.8, 4) is 0 Å². The number of rotatable bonds is 3. The zero-order valence-corrected chi connectivity index (χ0v) is 7.99. The Hall–Kier alpha value is -0.120. The van der Waals surface area contributed by atoms with E-state index in [0.717, 1.165) is 32.3 Å². The minimum absolute atomic E-state index is 0.0729. The smallest absolute Gasteiger partial charge is 0.0656 e. The summed E-state index contributed by atoms with van der Waals surface area (Å²) >= 11 is 0. The van der Waals surface area contributed by atoms with Crippen LogP contribution in [0.2, 0.25) is 0 Å². The summed E-state index contributed by atoms with van der Waals surface area (Å²) in [6.45, 7) is 2.73. The zero-order valence-electron chi connectivity index (χ0n) is 7.99. The van der Waals surface area contributed by atoms with Crippen molar-refractivity contribution >= 4 is 0 Å². The molecule has 0 amide bonds. The summed E-state index contributed by atoms with van der Waals surface area (Å²) in [7, 11) is 1.98. The molecular formula is C9H19NO2. The predicted molar refractivity (Wildman–Crippen MR) is 47.7 cm³/mol. The second-order valence-corrected chi connectivity index (χ2v) is 3.43. The van der Waals surface area contributed by atoms with Gasteiger partial charge >= 0.3 is 0 Å². The molecule has 3 heteroatoms. The lowest BCUT2D eigenvalue weighted by Crippen LogP contribution is -2.36. The van der Waals surface area contributed by atoms with Crippen molar-refractivity contribution in [1.82, 2.24) is 5.06 Å². The van der Waals surface area contributed by atoms with Gasteiger partial charge in [-0.25, -0.2) is 0 Å². The number of hydroxylamine groups is 2. The van der Waals surface area contributed by atoms with Gasteiger partial charge in [0, 0.05) is 13.1 Å². The van der Waals surface area contributed by atoms with E-state index in [-0.39, 0.29) is 6.10 Å². The van der Waals surface area contributed by atoms with Crippen molar-refractivity contribution in [2.45, 2.75) is 44.8 Å². The second-order valence-electron chi connectivity index (χ2n) is 3.43. The van der Waals surface area contributed by atoms with Gasteiger partial charge in [0.2, 0.25) is 0 Å². The first-order valence-corrected chi connectivity index (χ1v) is 4.77. The highest BCUT2D eigenvalue weighted by molar-refractivity contribution is 4.74. The van der Waals surface area contributed by atoms with E-state index in [1.165, 1.54) is 0 Å². The van der Waals surface area contributed by atoms with Crippen LogP contribution in [0.3, 0.4) is 0 Å². The Balaban J connectivity index is 2.24. The molecule has 0 heterocycles. The van der Waals surface area contributed by atoms with Crippen molar-refractivity contribution in [3.05, 3.63) is 0 Å². The number of hydrogen-bond donors (Lipinski definition) is 1. The Morgan fingerprint density at radius 3 is 2.42 bits per heavy atom. The van der Waals surface area contributed by atoms with E-state index in [0.29, 0.717) is 6.04 Å². The van der Waals surface area contributed by atoms with Crippen LogP contribution < -0.4 is 0 Å². The molecular weight excluding hydrogens is 154 g/mol. The van der Waals surface area contributed by atoms with Gasteiger partial charge < -0.3 is 5.11 Å². The molecule has 0 aromatic rings. The lowest BCUT2D eigenvalue weighted by molar-refractivity contribution is -0.172. The van der Waals surface area contributed by atoms with E-state index in [2.05, 4.69) is 0 Å². The van der Waals surface area contributed by atoms with Crippen LogP contribution in [0.15, 0.2) is 0 Å².